The Morgan fingerprint density at radius 2 is 2.00 bits per heavy atom. The second kappa shape index (κ2) is 8.27. The first-order valence-electron chi connectivity index (χ1n) is 8.71. The number of carbonyl (C=O) groups is 1. The molecule has 0 spiro atoms. The lowest BCUT2D eigenvalue weighted by Gasteiger charge is -2.33. The van der Waals surface area contributed by atoms with Gasteiger partial charge in [-0.15, -0.1) is 0 Å². The highest BCUT2D eigenvalue weighted by Crippen LogP contribution is 2.33. The summed E-state index contributed by atoms with van der Waals surface area (Å²) in [4.78, 5) is 18.6. The maximum Gasteiger partial charge on any atom is 0.269 e. The highest BCUT2D eigenvalue weighted by molar-refractivity contribution is 6.30. The largest absolute Gasteiger partial charge is 0.494 e. The molecule has 0 saturated heterocycles. The first-order chi connectivity index (χ1) is 12.6. The molecule has 1 aliphatic rings. The number of benzene rings is 1. The van der Waals surface area contributed by atoms with Crippen LogP contribution in [0.3, 0.4) is 0 Å². The van der Waals surface area contributed by atoms with Gasteiger partial charge in [-0.2, -0.15) is 0 Å². The third-order valence-corrected chi connectivity index (χ3v) is 4.41. The Hall–Kier alpha value is -2.47. The van der Waals surface area contributed by atoms with E-state index < -0.39 is 6.10 Å². The van der Waals surface area contributed by atoms with Crippen LogP contribution in [0, 0.1) is 0 Å². The molecule has 0 aliphatic carbocycles. The molecule has 1 atom stereocenters. The van der Waals surface area contributed by atoms with Gasteiger partial charge < -0.3 is 15.2 Å². The van der Waals surface area contributed by atoms with Gasteiger partial charge in [-0.05, 0) is 55.7 Å². The lowest BCUT2D eigenvalue weighted by molar-refractivity contribution is -0.126. The van der Waals surface area contributed by atoms with Gasteiger partial charge in [0.25, 0.3) is 5.91 Å². The zero-order valence-corrected chi connectivity index (χ0v) is 15.4. The number of hydrogen-bond acceptors (Lipinski definition) is 5. The molecule has 0 fully saturated rings. The standard InChI is InChI=1S/C19H22ClN3O3/c1-2-15-19(24)23(18-16(26-15)9-10-17(21)22-18)11-3-4-12-25-14-7-5-13(20)6-8-14/h5-10,15H,2-4,11-12H2,1H3,(H2,21,22). The Bertz CT molecular complexity index is 767. The van der Waals surface area contributed by atoms with Crippen LogP contribution in [0.15, 0.2) is 36.4 Å². The molecular weight excluding hydrogens is 354 g/mol. The zero-order chi connectivity index (χ0) is 18.5. The number of aromatic nitrogens is 1. The quantitative estimate of drug-likeness (QED) is 0.747. The van der Waals surface area contributed by atoms with Crippen LogP contribution in [0.25, 0.3) is 0 Å². The van der Waals surface area contributed by atoms with E-state index in [4.69, 9.17) is 26.8 Å². The van der Waals surface area contributed by atoms with Crippen LogP contribution in [0.4, 0.5) is 11.6 Å². The van der Waals surface area contributed by atoms with Gasteiger partial charge in [-0.3, -0.25) is 9.69 Å². The van der Waals surface area contributed by atoms with Crippen LogP contribution in [-0.4, -0.2) is 30.1 Å². The summed E-state index contributed by atoms with van der Waals surface area (Å²) < 4.78 is 11.4. The van der Waals surface area contributed by atoms with Crippen molar-refractivity contribution in [1.29, 1.82) is 0 Å². The summed E-state index contributed by atoms with van der Waals surface area (Å²) in [7, 11) is 0. The second-order valence-electron chi connectivity index (χ2n) is 6.07. The molecule has 6 nitrogen and oxygen atoms in total. The van der Waals surface area contributed by atoms with Gasteiger partial charge in [0.15, 0.2) is 17.7 Å². The topological polar surface area (TPSA) is 77.7 Å². The molecule has 0 radical (unpaired) electrons. The van der Waals surface area contributed by atoms with Crippen molar-refractivity contribution in [3.05, 3.63) is 41.4 Å². The number of rotatable bonds is 7. The van der Waals surface area contributed by atoms with Gasteiger partial charge in [-0.1, -0.05) is 18.5 Å². The minimum Gasteiger partial charge on any atom is -0.494 e. The van der Waals surface area contributed by atoms with Gasteiger partial charge in [0.05, 0.1) is 6.61 Å². The number of pyridine rings is 1. The number of unbranched alkanes of at least 4 members (excludes halogenated alkanes) is 1. The minimum absolute atomic E-state index is 0.0725. The molecule has 1 aromatic carbocycles. The van der Waals surface area contributed by atoms with Crippen LogP contribution in [0.2, 0.25) is 5.02 Å². The van der Waals surface area contributed by atoms with Crippen LogP contribution in [-0.2, 0) is 4.79 Å². The number of amides is 1. The molecule has 2 heterocycles. The molecule has 0 bridgehead atoms. The molecule has 2 N–H and O–H groups in total. The Kier molecular flexibility index (Phi) is 5.83. The second-order valence-corrected chi connectivity index (χ2v) is 6.51. The first kappa shape index (κ1) is 18.3. The lowest BCUT2D eigenvalue weighted by atomic mass is 10.1. The van der Waals surface area contributed by atoms with E-state index in [0.29, 0.717) is 42.0 Å². The normalized spacial score (nSPS) is 16.2. The molecule has 7 heteroatoms. The zero-order valence-electron chi connectivity index (χ0n) is 14.7. The van der Waals surface area contributed by atoms with Gasteiger partial charge in [0, 0.05) is 11.6 Å². The summed E-state index contributed by atoms with van der Waals surface area (Å²) in [5, 5.41) is 0.680. The van der Waals surface area contributed by atoms with E-state index in [-0.39, 0.29) is 5.91 Å². The number of nitrogens with two attached hydrogens (primary N) is 1. The van der Waals surface area contributed by atoms with Crippen molar-refractivity contribution in [3.8, 4) is 11.5 Å². The molecule has 3 rings (SSSR count). The molecule has 1 amide bonds. The first-order valence-corrected chi connectivity index (χ1v) is 9.09. The molecule has 26 heavy (non-hydrogen) atoms. The molecule has 0 saturated carbocycles. The lowest BCUT2D eigenvalue weighted by Crippen LogP contribution is -2.46. The average Bonchev–Trinajstić information content (AvgIpc) is 2.64. The highest BCUT2D eigenvalue weighted by Gasteiger charge is 2.34. The molecule has 2 aromatic rings. The van der Waals surface area contributed by atoms with Crippen LogP contribution < -0.4 is 20.1 Å². The molecular formula is C19H22ClN3O3. The van der Waals surface area contributed by atoms with E-state index in [1.807, 2.05) is 19.1 Å². The monoisotopic (exact) mass is 375 g/mol. The number of anilines is 2. The van der Waals surface area contributed by atoms with E-state index in [2.05, 4.69) is 4.98 Å². The van der Waals surface area contributed by atoms with E-state index in [0.717, 1.165) is 18.6 Å². The van der Waals surface area contributed by atoms with Crippen LogP contribution in [0.1, 0.15) is 26.2 Å². The number of ether oxygens (including phenoxy) is 2. The van der Waals surface area contributed by atoms with Gasteiger partial charge in [0.1, 0.15) is 11.6 Å². The fourth-order valence-electron chi connectivity index (χ4n) is 2.78. The summed E-state index contributed by atoms with van der Waals surface area (Å²) in [6, 6.07) is 10.7. The van der Waals surface area contributed by atoms with Crippen molar-refractivity contribution in [1.82, 2.24) is 4.98 Å². The van der Waals surface area contributed by atoms with Crippen molar-refractivity contribution in [3.63, 3.8) is 0 Å². The number of fused-ring (bicyclic) bond motifs is 1. The SMILES string of the molecule is CCC1Oc2ccc(N)nc2N(CCCCOc2ccc(Cl)cc2)C1=O. The molecule has 1 unspecified atom stereocenters. The summed E-state index contributed by atoms with van der Waals surface area (Å²) >= 11 is 5.85. The summed E-state index contributed by atoms with van der Waals surface area (Å²) in [6.45, 7) is 3.04. The fraction of sp³-hybridized carbons (Fsp3) is 0.368. The van der Waals surface area contributed by atoms with Gasteiger partial charge in [-0.25, -0.2) is 4.98 Å². The smallest absolute Gasteiger partial charge is 0.269 e. The number of nitrogens with zero attached hydrogens (tertiary/aromatic N) is 2. The van der Waals surface area contributed by atoms with Gasteiger partial charge >= 0.3 is 0 Å². The predicted molar refractivity (Wildman–Crippen MR) is 102 cm³/mol. The fourth-order valence-corrected chi connectivity index (χ4v) is 2.91. The van der Waals surface area contributed by atoms with E-state index in [1.165, 1.54) is 0 Å². The number of nitrogen functional groups attached to an aromatic ring is 1. The van der Waals surface area contributed by atoms with Crippen molar-refractivity contribution >= 4 is 29.1 Å². The number of hydrogen-bond donors (Lipinski definition) is 1. The van der Waals surface area contributed by atoms with Crippen LogP contribution >= 0.6 is 11.6 Å². The highest BCUT2D eigenvalue weighted by atomic mass is 35.5. The Labute approximate surface area is 157 Å². The third kappa shape index (κ3) is 4.19. The Morgan fingerprint density at radius 1 is 1.23 bits per heavy atom. The molecule has 1 aromatic heterocycles. The molecule has 138 valence electrons. The summed E-state index contributed by atoms with van der Waals surface area (Å²) in [6.07, 6.45) is 1.73. The average molecular weight is 376 g/mol. The van der Waals surface area contributed by atoms with Gasteiger partial charge in [0.2, 0.25) is 0 Å². The third-order valence-electron chi connectivity index (χ3n) is 4.16. The van der Waals surface area contributed by atoms with E-state index in [1.54, 1.807) is 29.2 Å². The van der Waals surface area contributed by atoms with Crippen molar-refractivity contribution in [2.75, 3.05) is 23.8 Å². The van der Waals surface area contributed by atoms with Crippen molar-refractivity contribution < 1.29 is 14.3 Å². The Balaban J connectivity index is 1.57. The van der Waals surface area contributed by atoms with E-state index in [9.17, 15) is 4.79 Å². The van der Waals surface area contributed by atoms with Crippen molar-refractivity contribution in [2.45, 2.75) is 32.3 Å². The summed E-state index contributed by atoms with van der Waals surface area (Å²) in [5.41, 5.74) is 5.77. The maximum atomic E-state index is 12.6. The minimum atomic E-state index is -0.474. The van der Waals surface area contributed by atoms with E-state index >= 15 is 0 Å². The van der Waals surface area contributed by atoms with Crippen molar-refractivity contribution in [2.24, 2.45) is 0 Å². The van der Waals surface area contributed by atoms with Crippen LogP contribution in [0.5, 0.6) is 11.5 Å². The number of halogens is 1. The number of carbonyl (C=O) groups excluding carboxylic acids is 1. The predicted octanol–water partition coefficient (Wildman–Crippen LogP) is 3.68. The molecule has 1 aliphatic heterocycles. The summed E-state index contributed by atoms with van der Waals surface area (Å²) in [5.74, 6) is 2.17. The maximum absolute atomic E-state index is 12.6. The Morgan fingerprint density at radius 3 is 2.73 bits per heavy atom.